The van der Waals surface area contributed by atoms with Crippen LogP contribution in [0.4, 0.5) is 5.82 Å². The molecule has 0 saturated carbocycles. The number of esters is 1. The van der Waals surface area contributed by atoms with Crippen LogP contribution in [0.25, 0.3) is 16.9 Å². The van der Waals surface area contributed by atoms with E-state index in [1.54, 1.807) is 18.2 Å². The van der Waals surface area contributed by atoms with Gasteiger partial charge in [-0.05, 0) is 74.6 Å². The fraction of sp³-hybridized carbons (Fsp3) is 0.333. The number of nitrogens with zero attached hydrogens (tertiary/aromatic N) is 2. The molecule has 0 fully saturated rings. The molecule has 3 aromatic heterocycles. The first kappa shape index (κ1) is 22.6. The van der Waals surface area contributed by atoms with E-state index in [1.807, 2.05) is 24.4 Å². The molecule has 0 aliphatic rings. The maximum atomic E-state index is 12.3. The molecule has 0 atom stereocenters. The number of nitrogens with one attached hydrogen (secondary N) is 1. The van der Waals surface area contributed by atoms with Crippen molar-refractivity contribution in [1.82, 2.24) is 9.38 Å². The highest BCUT2D eigenvalue weighted by Crippen LogP contribution is 2.36. The fourth-order valence-electron chi connectivity index (χ4n) is 4.42. The van der Waals surface area contributed by atoms with Crippen molar-refractivity contribution in [2.24, 2.45) is 5.41 Å². The summed E-state index contributed by atoms with van der Waals surface area (Å²) >= 11 is 0. The largest absolute Gasteiger partial charge is 0.457 e. The van der Waals surface area contributed by atoms with Crippen molar-refractivity contribution in [3.63, 3.8) is 0 Å². The molecule has 33 heavy (non-hydrogen) atoms. The van der Waals surface area contributed by atoms with Crippen molar-refractivity contribution in [2.45, 2.75) is 53.5 Å². The third-order valence-corrected chi connectivity index (χ3v) is 5.25. The second-order valence-corrected chi connectivity index (χ2v) is 10.4. The summed E-state index contributed by atoms with van der Waals surface area (Å²) in [4.78, 5) is 17.3. The molecule has 4 aromatic rings. The van der Waals surface area contributed by atoms with Gasteiger partial charge in [0.2, 0.25) is 5.76 Å². The van der Waals surface area contributed by atoms with Crippen LogP contribution in [0.5, 0.6) is 5.75 Å². The van der Waals surface area contributed by atoms with E-state index in [1.165, 1.54) is 6.26 Å². The quantitative estimate of drug-likeness (QED) is 0.263. The van der Waals surface area contributed by atoms with Crippen LogP contribution in [0.3, 0.4) is 0 Å². The number of hydrogen-bond donors (Lipinski definition) is 1. The normalized spacial score (nSPS) is 12.2. The smallest absolute Gasteiger partial charge is 0.379 e. The monoisotopic (exact) mass is 445 g/mol. The Morgan fingerprint density at radius 1 is 1.09 bits per heavy atom. The SMILES string of the molecule is Cc1ccn2c(NC(C)(C)CC(C)(C)C)c(-c3cccc(OC(=O)c4ccco4)c3)nc2c1. The predicted octanol–water partition coefficient (Wildman–Crippen LogP) is 6.75. The van der Waals surface area contributed by atoms with Crippen LogP contribution >= 0.6 is 0 Å². The molecular weight excluding hydrogens is 414 g/mol. The van der Waals surface area contributed by atoms with Gasteiger partial charge in [-0.1, -0.05) is 32.9 Å². The van der Waals surface area contributed by atoms with E-state index >= 15 is 0 Å². The Labute approximate surface area is 194 Å². The predicted molar refractivity (Wildman–Crippen MR) is 131 cm³/mol. The highest BCUT2D eigenvalue weighted by molar-refractivity contribution is 5.88. The highest BCUT2D eigenvalue weighted by atomic mass is 16.5. The Kier molecular flexibility index (Phi) is 5.78. The van der Waals surface area contributed by atoms with Crippen molar-refractivity contribution in [2.75, 3.05) is 5.32 Å². The average Bonchev–Trinajstić information content (AvgIpc) is 3.34. The second-order valence-electron chi connectivity index (χ2n) is 10.4. The summed E-state index contributed by atoms with van der Waals surface area (Å²) in [7, 11) is 0. The first-order chi connectivity index (χ1) is 15.5. The van der Waals surface area contributed by atoms with Crippen LogP contribution in [0.15, 0.2) is 65.4 Å². The van der Waals surface area contributed by atoms with Crippen LogP contribution in [-0.2, 0) is 0 Å². The first-order valence-electron chi connectivity index (χ1n) is 11.1. The lowest BCUT2D eigenvalue weighted by atomic mass is 9.82. The summed E-state index contributed by atoms with van der Waals surface area (Å²) in [6.45, 7) is 13.2. The summed E-state index contributed by atoms with van der Waals surface area (Å²) in [6, 6.07) is 14.8. The van der Waals surface area contributed by atoms with Gasteiger partial charge in [-0.25, -0.2) is 9.78 Å². The Bertz CT molecular complexity index is 1280. The number of fused-ring (bicyclic) bond motifs is 1. The maximum absolute atomic E-state index is 12.3. The number of furan rings is 1. The summed E-state index contributed by atoms with van der Waals surface area (Å²) < 4.78 is 12.8. The number of hydrogen-bond acceptors (Lipinski definition) is 5. The minimum Gasteiger partial charge on any atom is -0.457 e. The standard InChI is InChI=1S/C27H31N3O3/c1-18-12-13-30-22(15-18)28-23(24(30)29-27(5,6)17-26(2,3)4)19-9-7-10-20(16-19)33-25(31)21-11-8-14-32-21/h7-16,29H,17H2,1-6H3. The van der Waals surface area contributed by atoms with Gasteiger partial charge < -0.3 is 14.5 Å². The molecular formula is C27H31N3O3. The number of carbonyl (C=O) groups is 1. The Balaban J connectivity index is 1.74. The number of rotatable bonds is 6. The van der Waals surface area contributed by atoms with Gasteiger partial charge in [-0.15, -0.1) is 0 Å². The van der Waals surface area contributed by atoms with E-state index < -0.39 is 5.97 Å². The zero-order valence-corrected chi connectivity index (χ0v) is 20.1. The number of aromatic nitrogens is 2. The summed E-state index contributed by atoms with van der Waals surface area (Å²) in [5.41, 5.74) is 3.65. The Morgan fingerprint density at radius 2 is 1.88 bits per heavy atom. The van der Waals surface area contributed by atoms with Gasteiger partial charge in [0.05, 0.1) is 6.26 Å². The Hall–Kier alpha value is -3.54. The van der Waals surface area contributed by atoms with Crippen molar-refractivity contribution >= 4 is 17.4 Å². The van der Waals surface area contributed by atoms with Gasteiger partial charge in [-0.2, -0.15) is 0 Å². The third-order valence-electron chi connectivity index (χ3n) is 5.25. The van der Waals surface area contributed by atoms with Crippen LogP contribution in [0, 0.1) is 12.3 Å². The Morgan fingerprint density at radius 3 is 2.58 bits per heavy atom. The average molecular weight is 446 g/mol. The molecule has 0 spiro atoms. The van der Waals surface area contributed by atoms with Crippen molar-refractivity contribution in [3.8, 4) is 17.0 Å². The zero-order chi connectivity index (χ0) is 23.8. The second kappa shape index (κ2) is 8.43. The molecule has 0 aliphatic heterocycles. The van der Waals surface area contributed by atoms with Crippen LogP contribution in [0.2, 0.25) is 0 Å². The summed E-state index contributed by atoms with van der Waals surface area (Å²) in [5, 5.41) is 3.74. The molecule has 6 heteroatoms. The van der Waals surface area contributed by atoms with Crippen molar-refractivity contribution in [1.29, 1.82) is 0 Å². The summed E-state index contributed by atoms with van der Waals surface area (Å²) in [6.07, 6.45) is 4.46. The lowest BCUT2D eigenvalue weighted by Gasteiger charge is -2.34. The number of imidazole rings is 1. The molecule has 1 aromatic carbocycles. The molecule has 0 amide bonds. The minimum atomic E-state index is -0.535. The summed E-state index contributed by atoms with van der Waals surface area (Å²) in [5.74, 6) is 0.970. The highest BCUT2D eigenvalue weighted by Gasteiger charge is 2.28. The number of aryl methyl sites for hydroxylation is 1. The molecule has 0 unspecified atom stereocenters. The van der Waals surface area contributed by atoms with Gasteiger partial charge in [0.25, 0.3) is 0 Å². The van der Waals surface area contributed by atoms with E-state index in [-0.39, 0.29) is 16.7 Å². The number of carbonyl (C=O) groups excluding carboxylic acids is 1. The lowest BCUT2D eigenvalue weighted by molar-refractivity contribution is 0.0701. The van der Waals surface area contributed by atoms with Crippen LogP contribution < -0.4 is 10.1 Å². The molecule has 0 saturated heterocycles. The van der Waals surface area contributed by atoms with E-state index in [0.717, 1.165) is 34.7 Å². The molecule has 0 radical (unpaired) electrons. The first-order valence-corrected chi connectivity index (χ1v) is 11.1. The molecule has 1 N–H and O–H groups in total. The van der Waals surface area contributed by atoms with Gasteiger partial charge in [-0.3, -0.25) is 4.40 Å². The number of pyridine rings is 1. The van der Waals surface area contributed by atoms with Gasteiger partial charge in [0, 0.05) is 17.3 Å². The topological polar surface area (TPSA) is 68.8 Å². The zero-order valence-electron chi connectivity index (χ0n) is 20.1. The molecule has 172 valence electrons. The van der Waals surface area contributed by atoms with Gasteiger partial charge >= 0.3 is 5.97 Å². The maximum Gasteiger partial charge on any atom is 0.379 e. The molecule has 4 rings (SSSR count). The molecule has 6 nitrogen and oxygen atoms in total. The molecule has 3 heterocycles. The molecule has 0 aliphatic carbocycles. The third kappa shape index (κ3) is 5.28. The van der Waals surface area contributed by atoms with Crippen LogP contribution in [0.1, 0.15) is 57.2 Å². The minimum absolute atomic E-state index is 0.160. The van der Waals surface area contributed by atoms with Gasteiger partial charge in [0.1, 0.15) is 22.9 Å². The van der Waals surface area contributed by atoms with E-state index in [4.69, 9.17) is 14.1 Å². The lowest BCUT2D eigenvalue weighted by Crippen LogP contribution is -2.36. The number of anilines is 1. The van der Waals surface area contributed by atoms with E-state index in [0.29, 0.717) is 5.75 Å². The van der Waals surface area contributed by atoms with Crippen molar-refractivity contribution < 1.29 is 13.9 Å². The van der Waals surface area contributed by atoms with Crippen LogP contribution in [-0.4, -0.2) is 20.9 Å². The van der Waals surface area contributed by atoms with E-state index in [2.05, 4.69) is 63.4 Å². The van der Waals surface area contributed by atoms with Crippen molar-refractivity contribution in [3.05, 3.63) is 72.3 Å². The molecule has 0 bridgehead atoms. The fourth-order valence-corrected chi connectivity index (χ4v) is 4.42. The van der Waals surface area contributed by atoms with Gasteiger partial charge in [0.15, 0.2) is 0 Å². The number of benzene rings is 1. The number of ether oxygens (including phenoxy) is 1. The van der Waals surface area contributed by atoms with E-state index in [9.17, 15) is 4.79 Å².